The maximum atomic E-state index is 12.6. The summed E-state index contributed by atoms with van der Waals surface area (Å²) in [6.07, 6.45) is -25.4. The first-order valence-corrected chi connectivity index (χ1v) is 4.00. The van der Waals surface area contributed by atoms with Crippen molar-refractivity contribution in [1.82, 2.24) is 0 Å². The minimum Gasteiger partial charge on any atom is -0.362 e. The van der Waals surface area contributed by atoms with Crippen LogP contribution in [0.25, 0.3) is 0 Å². The number of halogens is 8. The summed E-state index contributed by atoms with van der Waals surface area (Å²) in [5.41, 5.74) is 0. The van der Waals surface area contributed by atoms with Crippen LogP contribution in [0.1, 0.15) is 0 Å². The van der Waals surface area contributed by atoms with E-state index in [1.54, 1.807) is 0 Å². The number of hydrogen-bond acceptors (Lipinski definition) is 1. The molecule has 0 aromatic carbocycles. The quantitative estimate of drug-likeness (QED) is 0.726. The van der Waals surface area contributed by atoms with Crippen LogP contribution >= 0.6 is 0 Å². The van der Waals surface area contributed by atoms with Gasteiger partial charge in [0, 0.05) is 0 Å². The second-order valence-corrected chi connectivity index (χ2v) is 2.93. The molecule has 0 aliphatic heterocycles. The average molecular weight is 260 g/mol. The molecule has 6 unspecified atom stereocenters. The number of aliphatic hydroxyl groups excluding tert-OH is 1. The van der Waals surface area contributed by atoms with Gasteiger partial charge >= 0.3 is 0 Å². The molecule has 1 N–H and O–H groups in total. The Bertz CT molecular complexity index is 181. The molecule has 0 aliphatic carbocycles. The van der Waals surface area contributed by atoms with E-state index < -0.39 is 43.6 Å². The van der Waals surface area contributed by atoms with Crippen molar-refractivity contribution in [3.05, 3.63) is 0 Å². The Morgan fingerprint density at radius 3 is 1.12 bits per heavy atom. The van der Waals surface area contributed by atoms with Crippen LogP contribution in [0.3, 0.4) is 0 Å². The van der Waals surface area contributed by atoms with Crippen molar-refractivity contribution in [1.29, 1.82) is 0 Å². The summed E-state index contributed by atoms with van der Waals surface area (Å²) < 4.78 is 96.8. The van der Waals surface area contributed by atoms with Crippen molar-refractivity contribution in [2.75, 3.05) is 0 Å². The highest BCUT2D eigenvalue weighted by Gasteiger charge is 2.45. The molecule has 0 heterocycles. The molecule has 0 saturated carbocycles. The Morgan fingerprint density at radius 2 is 0.812 bits per heavy atom. The maximum Gasteiger partial charge on any atom is 0.272 e. The first-order chi connectivity index (χ1) is 7.20. The highest BCUT2D eigenvalue weighted by atomic mass is 19.3. The van der Waals surface area contributed by atoms with Crippen LogP contribution in [-0.2, 0) is 0 Å². The third-order valence-electron chi connectivity index (χ3n) is 1.72. The molecule has 9 heteroatoms. The lowest BCUT2D eigenvalue weighted by Crippen LogP contribution is -2.44. The van der Waals surface area contributed by atoms with Crippen LogP contribution in [0, 0.1) is 0 Å². The Labute approximate surface area is 85.0 Å². The zero-order valence-corrected chi connectivity index (χ0v) is 7.51. The van der Waals surface area contributed by atoms with Gasteiger partial charge in [-0.25, -0.2) is 35.1 Å². The Hall–Kier alpha value is -0.600. The summed E-state index contributed by atoms with van der Waals surface area (Å²) in [6, 6.07) is 0. The SMILES string of the molecule is OC(F)C(F)C(F)C(F)C(F)C(F)C(F)F. The van der Waals surface area contributed by atoms with E-state index in [-0.39, 0.29) is 0 Å². The average Bonchev–Trinajstić information content (AvgIpc) is 2.23. The van der Waals surface area contributed by atoms with Gasteiger partial charge in [-0.2, -0.15) is 0 Å². The lowest BCUT2D eigenvalue weighted by atomic mass is 10.0. The second-order valence-electron chi connectivity index (χ2n) is 2.93. The van der Waals surface area contributed by atoms with Gasteiger partial charge in [-0.1, -0.05) is 0 Å². The highest BCUT2D eigenvalue weighted by molar-refractivity contribution is 4.87. The predicted molar refractivity (Wildman–Crippen MR) is 37.6 cm³/mol. The number of rotatable bonds is 6. The normalized spacial score (nSPS) is 23.6. The van der Waals surface area contributed by atoms with Crippen molar-refractivity contribution in [2.24, 2.45) is 0 Å². The number of alkyl halides is 8. The van der Waals surface area contributed by atoms with E-state index in [4.69, 9.17) is 5.11 Å². The first-order valence-electron chi connectivity index (χ1n) is 4.00. The molecule has 0 fully saturated rings. The van der Waals surface area contributed by atoms with Gasteiger partial charge < -0.3 is 5.11 Å². The molecule has 0 bridgehead atoms. The molecule has 0 aromatic rings. The van der Waals surface area contributed by atoms with E-state index in [1.165, 1.54) is 0 Å². The number of aliphatic hydroxyl groups is 1. The van der Waals surface area contributed by atoms with E-state index in [2.05, 4.69) is 0 Å². The molecular weight excluding hydrogens is 252 g/mol. The van der Waals surface area contributed by atoms with Crippen LogP contribution in [0.5, 0.6) is 0 Å². The smallest absolute Gasteiger partial charge is 0.272 e. The summed E-state index contributed by atoms with van der Waals surface area (Å²) in [5, 5.41) is 7.86. The zero-order chi connectivity index (χ0) is 13.0. The van der Waals surface area contributed by atoms with Crippen LogP contribution in [0.15, 0.2) is 0 Å². The predicted octanol–water partition coefficient (Wildman–Crippen LogP) is 2.23. The summed E-state index contributed by atoms with van der Waals surface area (Å²) in [7, 11) is 0. The van der Waals surface area contributed by atoms with Crippen LogP contribution in [-0.4, -0.2) is 48.7 Å². The summed E-state index contributed by atoms with van der Waals surface area (Å²) in [4.78, 5) is 0. The van der Waals surface area contributed by atoms with E-state index in [1.807, 2.05) is 0 Å². The van der Waals surface area contributed by atoms with Crippen LogP contribution in [0.2, 0.25) is 0 Å². The Balaban J connectivity index is 4.48. The van der Waals surface area contributed by atoms with Gasteiger partial charge in [-0.15, -0.1) is 0 Å². The third kappa shape index (κ3) is 3.76. The fourth-order valence-corrected chi connectivity index (χ4v) is 0.818. The molecule has 0 radical (unpaired) electrons. The van der Waals surface area contributed by atoms with Gasteiger partial charge in [0.25, 0.3) is 6.43 Å². The molecular formula is C7H8F8O. The molecule has 0 saturated heterocycles. The van der Waals surface area contributed by atoms with E-state index in [0.717, 1.165) is 0 Å². The van der Waals surface area contributed by atoms with Crippen molar-refractivity contribution in [3.63, 3.8) is 0 Å². The van der Waals surface area contributed by atoms with Crippen LogP contribution < -0.4 is 0 Å². The minimum absolute atomic E-state index is 3.45. The van der Waals surface area contributed by atoms with E-state index in [9.17, 15) is 35.1 Å². The first kappa shape index (κ1) is 15.4. The van der Waals surface area contributed by atoms with Crippen LogP contribution in [0.4, 0.5) is 35.1 Å². The van der Waals surface area contributed by atoms with E-state index >= 15 is 0 Å². The van der Waals surface area contributed by atoms with Crippen molar-refractivity contribution >= 4 is 0 Å². The summed E-state index contributed by atoms with van der Waals surface area (Å²) >= 11 is 0. The fourth-order valence-electron chi connectivity index (χ4n) is 0.818. The van der Waals surface area contributed by atoms with Gasteiger partial charge in [-0.3, -0.25) is 0 Å². The molecule has 16 heavy (non-hydrogen) atoms. The second kappa shape index (κ2) is 6.21. The Kier molecular flexibility index (Phi) is 5.98. The standard InChI is InChI=1S/C7H8F8O/c8-1(2(9)4(11)6(13)14)3(10)5(12)7(15)16/h1-7,16H. The molecule has 0 amide bonds. The minimum atomic E-state index is -3.92. The summed E-state index contributed by atoms with van der Waals surface area (Å²) in [5.74, 6) is 0. The van der Waals surface area contributed by atoms with Gasteiger partial charge in [0.15, 0.2) is 30.9 Å². The molecule has 1 nitrogen and oxygen atoms in total. The summed E-state index contributed by atoms with van der Waals surface area (Å²) in [6.45, 7) is 0. The van der Waals surface area contributed by atoms with Gasteiger partial charge in [0.1, 0.15) is 0 Å². The highest BCUT2D eigenvalue weighted by Crippen LogP contribution is 2.25. The molecule has 0 aliphatic rings. The van der Waals surface area contributed by atoms with Gasteiger partial charge in [0.05, 0.1) is 0 Å². The van der Waals surface area contributed by atoms with Crippen molar-refractivity contribution in [3.8, 4) is 0 Å². The topological polar surface area (TPSA) is 20.2 Å². The Morgan fingerprint density at radius 1 is 0.500 bits per heavy atom. The molecule has 0 rings (SSSR count). The lowest BCUT2D eigenvalue weighted by Gasteiger charge is -2.22. The molecule has 0 spiro atoms. The fraction of sp³-hybridized carbons (Fsp3) is 1.00. The van der Waals surface area contributed by atoms with Crippen molar-refractivity contribution in [2.45, 2.75) is 43.6 Å². The lowest BCUT2D eigenvalue weighted by molar-refractivity contribution is -0.0970. The third-order valence-corrected chi connectivity index (χ3v) is 1.72. The zero-order valence-electron chi connectivity index (χ0n) is 7.51. The largest absolute Gasteiger partial charge is 0.362 e. The monoisotopic (exact) mass is 260 g/mol. The van der Waals surface area contributed by atoms with E-state index in [0.29, 0.717) is 0 Å². The molecule has 0 aromatic heterocycles. The van der Waals surface area contributed by atoms with Crippen molar-refractivity contribution < 1.29 is 40.2 Å². The molecule has 6 atom stereocenters. The van der Waals surface area contributed by atoms with Gasteiger partial charge in [-0.05, 0) is 0 Å². The van der Waals surface area contributed by atoms with Gasteiger partial charge in [0.2, 0.25) is 6.36 Å². The maximum absolute atomic E-state index is 12.6. The number of hydrogen-bond donors (Lipinski definition) is 1. The molecule has 98 valence electrons.